The van der Waals surface area contributed by atoms with Gasteiger partial charge in [0.1, 0.15) is 23.3 Å². The van der Waals surface area contributed by atoms with E-state index in [2.05, 4.69) is 9.88 Å². The van der Waals surface area contributed by atoms with Crippen LogP contribution in [0.25, 0.3) is 0 Å². The summed E-state index contributed by atoms with van der Waals surface area (Å²) in [4.78, 5) is 21.0. The molecule has 2 aliphatic heterocycles. The molecule has 3 heterocycles. The number of nitrogens with zero attached hydrogens (tertiary/aromatic N) is 3. The number of hydrogen-bond acceptors (Lipinski definition) is 7. The minimum absolute atomic E-state index is 0.0262. The van der Waals surface area contributed by atoms with Crippen molar-refractivity contribution < 1.29 is 22.7 Å². The number of hydrogen-bond donors (Lipinski definition) is 0. The molecular weight excluding hydrogens is 442 g/mol. The second-order valence-electron chi connectivity index (χ2n) is 9.60. The van der Waals surface area contributed by atoms with Gasteiger partial charge in [-0.25, -0.2) is 18.2 Å². The molecule has 1 amide bonds. The predicted octanol–water partition coefficient (Wildman–Crippen LogP) is 3.96. The molecule has 0 bridgehead atoms. The Labute approximate surface area is 195 Å². The van der Waals surface area contributed by atoms with Gasteiger partial charge in [-0.1, -0.05) is 0 Å². The van der Waals surface area contributed by atoms with Crippen molar-refractivity contribution in [2.75, 3.05) is 30.8 Å². The SMILES string of the molecule is CC(C)(C)OC(=O)N1CCC(Oc2ccc(N3CCc4cc(S(C)(=O)=O)ccc43)nc2)CC1. The van der Waals surface area contributed by atoms with Crippen molar-refractivity contribution in [1.82, 2.24) is 9.88 Å². The van der Waals surface area contributed by atoms with Gasteiger partial charge >= 0.3 is 6.09 Å². The van der Waals surface area contributed by atoms with Gasteiger partial charge in [0.15, 0.2) is 9.84 Å². The van der Waals surface area contributed by atoms with Gasteiger partial charge in [-0.15, -0.1) is 0 Å². The zero-order chi connectivity index (χ0) is 23.8. The number of aromatic nitrogens is 1. The first-order valence-electron chi connectivity index (χ1n) is 11.2. The van der Waals surface area contributed by atoms with Crippen molar-refractivity contribution in [2.24, 2.45) is 0 Å². The highest BCUT2D eigenvalue weighted by atomic mass is 32.2. The minimum Gasteiger partial charge on any atom is -0.489 e. The predicted molar refractivity (Wildman–Crippen MR) is 126 cm³/mol. The third-order valence-electron chi connectivity index (χ3n) is 5.77. The van der Waals surface area contributed by atoms with Gasteiger partial charge in [-0.3, -0.25) is 0 Å². The number of benzene rings is 1. The number of sulfone groups is 1. The lowest BCUT2D eigenvalue weighted by Gasteiger charge is -2.33. The maximum atomic E-state index is 12.2. The summed E-state index contributed by atoms with van der Waals surface area (Å²) in [6.45, 7) is 7.55. The van der Waals surface area contributed by atoms with Crippen molar-refractivity contribution in [3.8, 4) is 5.75 Å². The normalized spacial score (nSPS) is 17.1. The lowest BCUT2D eigenvalue weighted by molar-refractivity contribution is 0.0126. The quantitative estimate of drug-likeness (QED) is 0.664. The van der Waals surface area contributed by atoms with E-state index in [4.69, 9.17) is 9.47 Å². The van der Waals surface area contributed by atoms with Gasteiger partial charge in [0.25, 0.3) is 0 Å². The smallest absolute Gasteiger partial charge is 0.410 e. The molecular formula is C24H31N3O5S. The molecule has 0 aliphatic carbocycles. The molecule has 1 fully saturated rings. The zero-order valence-electron chi connectivity index (χ0n) is 19.6. The summed E-state index contributed by atoms with van der Waals surface area (Å²) < 4.78 is 35.2. The number of piperidine rings is 1. The van der Waals surface area contributed by atoms with Crippen molar-refractivity contribution in [1.29, 1.82) is 0 Å². The van der Waals surface area contributed by atoms with Gasteiger partial charge in [-0.05, 0) is 63.1 Å². The maximum absolute atomic E-state index is 12.2. The van der Waals surface area contributed by atoms with E-state index in [1.54, 1.807) is 23.2 Å². The molecule has 33 heavy (non-hydrogen) atoms. The molecule has 0 N–H and O–H groups in total. The molecule has 2 aromatic rings. The number of rotatable bonds is 4. The lowest BCUT2D eigenvalue weighted by Crippen LogP contribution is -2.44. The second-order valence-corrected chi connectivity index (χ2v) is 11.6. The van der Waals surface area contributed by atoms with Crippen molar-refractivity contribution in [2.45, 2.75) is 56.6 Å². The highest BCUT2D eigenvalue weighted by Gasteiger charge is 2.28. The summed E-state index contributed by atoms with van der Waals surface area (Å²) in [5, 5.41) is 0. The fraction of sp³-hybridized carbons (Fsp3) is 0.500. The summed E-state index contributed by atoms with van der Waals surface area (Å²) in [5.41, 5.74) is 1.50. The van der Waals surface area contributed by atoms with Gasteiger partial charge in [0, 0.05) is 44.4 Å². The zero-order valence-corrected chi connectivity index (χ0v) is 20.4. The van der Waals surface area contributed by atoms with E-state index in [0.717, 1.165) is 42.9 Å². The van der Waals surface area contributed by atoms with Crippen LogP contribution in [0.4, 0.5) is 16.3 Å². The van der Waals surface area contributed by atoms with Crippen LogP contribution in [0.3, 0.4) is 0 Å². The molecule has 0 unspecified atom stereocenters. The number of likely N-dealkylation sites (tertiary alicyclic amines) is 1. The second kappa shape index (κ2) is 8.85. The molecule has 2 aliphatic rings. The maximum Gasteiger partial charge on any atom is 0.410 e. The Morgan fingerprint density at radius 2 is 1.82 bits per heavy atom. The first-order chi connectivity index (χ1) is 15.5. The Bertz CT molecular complexity index is 1120. The molecule has 0 saturated carbocycles. The summed E-state index contributed by atoms with van der Waals surface area (Å²) in [6.07, 6.45) is 4.95. The Balaban J connectivity index is 1.35. The Morgan fingerprint density at radius 1 is 1.09 bits per heavy atom. The van der Waals surface area contributed by atoms with E-state index in [9.17, 15) is 13.2 Å². The van der Waals surface area contributed by atoms with Crippen LogP contribution in [0.2, 0.25) is 0 Å². The summed E-state index contributed by atoms with van der Waals surface area (Å²) in [5.74, 6) is 1.49. The van der Waals surface area contributed by atoms with Gasteiger partial charge < -0.3 is 19.3 Å². The van der Waals surface area contributed by atoms with Crippen LogP contribution in [0.15, 0.2) is 41.4 Å². The van der Waals surface area contributed by atoms with Gasteiger partial charge in [0.05, 0.1) is 11.1 Å². The number of fused-ring (bicyclic) bond motifs is 1. The standard InChI is InChI=1S/C24H31N3O5S/c1-24(2,3)32-23(28)26-12-10-18(11-13-26)31-19-5-8-22(25-16-19)27-14-9-17-15-20(33(4,29)30)6-7-21(17)27/h5-8,15-16,18H,9-14H2,1-4H3. The number of pyridine rings is 1. The third kappa shape index (κ3) is 5.58. The van der Waals surface area contributed by atoms with E-state index in [1.807, 2.05) is 39.0 Å². The summed E-state index contributed by atoms with van der Waals surface area (Å²) >= 11 is 0. The van der Waals surface area contributed by atoms with Gasteiger partial charge in [-0.2, -0.15) is 0 Å². The van der Waals surface area contributed by atoms with Crippen LogP contribution in [-0.4, -0.2) is 62.0 Å². The van der Waals surface area contributed by atoms with Crippen LogP contribution in [-0.2, 0) is 21.0 Å². The molecule has 8 nitrogen and oxygen atoms in total. The fourth-order valence-corrected chi connectivity index (χ4v) is 4.80. The number of carbonyl (C=O) groups excluding carboxylic acids is 1. The molecule has 0 spiro atoms. The topological polar surface area (TPSA) is 89.0 Å². The van der Waals surface area contributed by atoms with Gasteiger partial charge in [0.2, 0.25) is 0 Å². The van der Waals surface area contributed by atoms with Crippen LogP contribution in [0.1, 0.15) is 39.2 Å². The van der Waals surface area contributed by atoms with E-state index in [1.165, 1.54) is 6.26 Å². The van der Waals surface area contributed by atoms with Crippen molar-refractivity contribution >= 4 is 27.4 Å². The largest absolute Gasteiger partial charge is 0.489 e. The molecule has 4 rings (SSSR count). The van der Waals surface area contributed by atoms with Crippen LogP contribution in [0, 0.1) is 0 Å². The molecule has 1 saturated heterocycles. The van der Waals surface area contributed by atoms with Crippen molar-refractivity contribution in [3.63, 3.8) is 0 Å². The fourth-order valence-electron chi connectivity index (χ4n) is 4.12. The number of ether oxygens (including phenoxy) is 2. The Kier molecular flexibility index (Phi) is 6.26. The highest BCUT2D eigenvalue weighted by Crippen LogP contribution is 2.35. The van der Waals surface area contributed by atoms with Crippen LogP contribution >= 0.6 is 0 Å². The average Bonchev–Trinajstić information content (AvgIpc) is 3.16. The van der Waals surface area contributed by atoms with E-state index < -0.39 is 15.4 Å². The first kappa shape index (κ1) is 23.4. The number of amides is 1. The Hall–Kier alpha value is -2.81. The van der Waals surface area contributed by atoms with E-state index in [0.29, 0.717) is 23.7 Å². The van der Waals surface area contributed by atoms with E-state index >= 15 is 0 Å². The molecule has 178 valence electrons. The molecule has 0 radical (unpaired) electrons. The number of carbonyl (C=O) groups is 1. The number of anilines is 2. The van der Waals surface area contributed by atoms with E-state index in [-0.39, 0.29) is 12.2 Å². The molecule has 1 aromatic heterocycles. The lowest BCUT2D eigenvalue weighted by atomic mass is 10.1. The van der Waals surface area contributed by atoms with Crippen molar-refractivity contribution in [3.05, 3.63) is 42.1 Å². The van der Waals surface area contributed by atoms with Crippen LogP contribution in [0.5, 0.6) is 5.75 Å². The Morgan fingerprint density at radius 3 is 2.42 bits per heavy atom. The average molecular weight is 474 g/mol. The molecule has 1 aromatic carbocycles. The monoisotopic (exact) mass is 473 g/mol. The highest BCUT2D eigenvalue weighted by molar-refractivity contribution is 7.90. The van der Waals surface area contributed by atoms with Crippen LogP contribution < -0.4 is 9.64 Å². The third-order valence-corrected chi connectivity index (χ3v) is 6.88. The summed E-state index contributed by atoms with van der Waals surface area (Å²) in [6, 6.07) is 9.08. The minimum atomic E-state index is -3.22. The molecule has 9 heteroatoms. The summed E-state index contributed by atoms with van der Waals surface area (Å²) in [7, 11) is -3.22. The first-order valence-corrected chi connectivity index (χ1v) is 13.1. The molecule has 0 atom stereocenters.